The van der Waals surface area contributed by atoms with E-state index in [2.05, 4.69) is 9.97 Å². The molecule has 1 aromatic heterocycles. The Morgan fingerprint density at radius 2 is 2.19 bits per heavy atom. The monoisotopic (exact) mass is 225 g/mol. The molecule has 0 amide bonds. The van der Waals surface area contributed by atoms with E-state index in [0.29, 0.717) is 12.3 Å². The summed E-state index contributed by atoms with van der Waals surface area (Å²) >= 11 is 0. The number of carboxylic acid groups (broad SMARTS) is 1. The van der Waals surface area contributed by atoms with E-state index in [1.165, 1.54) is 6.07 Å². The lowest BCUT2D eigenvalue weighted by Gasteiger charge is -2.10. The van der Waals surface area contributed by atoms with Crippen LogP contribution in [0.4, 0.5) is 0 Å². The Morgan fingerprint density at radius 1 is 1.50 bits per heavy atom. The molecule has 0 bridgehead atoms. The first kappa shape index (κ1) is 12.4. The molecule has 0 aliphatic heterocycles. The summed E-state index contributed by atoms with van der Waals surface area (Å²) in [4.78, 5) is 20.5. The van der Waals surface area contributed by atoms with Gasteiger partial charge in [0.25, 0.3) is 0 Å². The second kappa shape index (κ2) is 5.41. The van der Waals surface area contributed by atoms with Crippen molar-refractivity contribution in [3.8, 4) is 6.01 Å². The Kier molecular flexibility index (Phi) is 4.19. The standard InChI is InChI=1S/C10H15N3O3/c1-7-6-8(9(14)15)12-10(11-7)16-5-4-13(2)3/h6H,4-5H2,1-3H3,(H,14,15). The Labute approximate surface area is 93.9 Å². The molecule has 1 aromatic rings. The van der Waals surface area contributed by atoms with Crippen molar-refractivity contribution in [3.05, 3.63) is 17.5 Å². The first-order chi connectivity index (χ1) is 7.49. The second-order valence-corrected chi connectivity index (χ2v) is 3.63. The molecule has 0 saturated carbocycles. The number of carboxylic acids is 1. The van der Waals surface area contributed by atoms with E-state index in [1.54, 1.807) is 6.92 Å². The molecule has 0 radical (unpaired) electrons. The zero-order chi connectivity index (χ0) is 12.1. The van der Waals surface area contributed by atoms with Gasteiger partial charge < -0.3 is 14.7 Å². The quantitative estimate of drug-likeness (QED) is 0.782. The van der Waals surface area contributed by atoms with Crippen LogP contribution in [0, 0.1) is 6.92 Å². The number of aryl methyl sites for hydroxylation is 1. The molecule has 0 atom stereocenters. The highest BCUT2D eigenvalue weighted by Gasteiger charge is 2.09. The molecule has 1 heterocycles. The first-order valence-electron chi connectivity index (χ1n) is 4.85. The highest BCUT2D eigenvalue weighted by Crippen LogP contribution is 2.06. The third-order valence-electron chi connectivity index (χ3n) is 1.82. The van der Waals surface area contributed by atoms with Crippen LogP contribution >= 0.6 is 0 Å². The van der Waals surface area contributed by atoms with E-state index < -0.39 is 5.97 Å². The van der Waals surface area contributed by atoms with Crippen LogP contribution in [0.15, 0.2) is 6.07 Å². The van der Waals surface area contributed by atoms with Gasteiger partial charge in [-0.1, -0.05) is 0 Å². The molecule has 0 unspecified atom stereocenters. The van der Waals surface area contributed by atoms with Crippen LogP contribution in [-0.4, -0.2) is 53.2 Å². The maximum absolute atomic E-state index is 10.7. The van der Waals surface area contributed by atoms with E-state index in [4.69, 9.17) is 9.84 Å². The van der Waals surface area contributed by atoms with Gasteiger partial charge in [-0.15, -0.1) is 0 Å². The van der Waals surface area contributed by atoms with Gasteiger partial charge in [0.15, 0.2) is 5.69 Å². The van der Waals surface area contributed by atoms with E-state index in [9.17, 15) is 4.79 Å². The molecule has 16 heavy (non-hydrogen) atoms. The molecule has 0 aliphatic carbocycles. The van der Waals surface area contributed by atoms with Gasteiger partial charge in [0, 0.05) is 12.2 Å². The highest BCUT2D eigenvalue weighted by molar-refractivity contribution is 5.85. The number of rotatable bonds is 5. The summed E-state index contributed by atoms with van der Waals surface area (Å²) < 4.78 is 5.26. The first-order valence-corrected chi connectivity index (χ1v) is 4.85. The summed E-state index contributed by atoms with van der Waals surface area (Å²) in [5, 5.41) is 8.79. The van der Waals surface area contributed by atoms with Gasteiger partial charge in [-0.3, -0.25) is 0 Å². The maximum Gasteiger partial charge on any atom is 0.354 e. The summed E-state index contributed by atoms with van der Waals surface area (Å²) in [5.74, 6) is -1.08. The topological polar surface area (TPSA) is 75.6 Å². The lowest BCUT2D eigenvalue weighted by Crippen LogP contribution is -2.20. The van der Waals surface area contributed by atoms with E-state index >= 15 is 0 Å². The van der Waals surface area contributed by atoms with Crippen molar-refractivity contribution in [2.45, 2.75) is 6.92 Å². The molecule has 6 nitrogen and oxygen atoms in total. The normalized spacial score (nSPS) is 10.5. The van der Waals surface area contributed by atoms with Gasteiger partial charge >= 0.3 is 12.0 Å². The van der Waals surface area contributed by atoms with Crippen molar-refractivity contribution >= 4 is 5.97 Å². The van der Waals surface area contributed by atoms with Crippen molar-refractivity contribution in [2.75, 3.05) is 27.2 Å². The van der Waals surface area contributed by atoms with Crippen LogP contribution in [-0.2, 0) is 0 Å². The minimum atomic E-state index is -1.08. The smallest absolute Gasteiger partial charge is 0.354 e. The van der Waals surface area contributed by atoms with Crippen LogP contribution in [0.25, 0.3) is 0 Å². The molecule has 0 aliphatic rings. The summed E-state index contributed by atoms with van der Waals surface area (Å²) in [6, 6.07) is 1.51. The minimum Gasteiger partial charge on any atom is -0.477 e. The summed E-state index contributed by atoms with van der Waals surface area (Å²) in [6.07, 6.45) is 0. The Morgan fingerprint density at radius 3 is 2.75 bits per heavy atom. The lowest BCUT2D eigenvalue weighted by molar-refractivity contribution is 0.0688. The van der Waals surface area contributed by atoms with Crippen LogP contribution < -0.4 is 4.74 Å². The van der Waals surface area contributed by atoms with Gasteiger partial charge in [0.1, 0.15) is 6.61 Å². The molecule has 88 valence electrons. The Hall–Kier alpha value is -1.69. The van der Waals surface area contributed by atoms with Crippen molar-refractivity contribution in [1.82, 2.24) is 14.9 Å². The second-order valence-electron chi connectivity index (χ2n) is 3.63. The van der Waals surface area contributed by atoms with E-state index in [0.717, 1.165) is 6.54 Å². The number of nitrogens with zero attached hydrogens (tertiary/aromatic N) is 3. The van der Waals surface area contributed by atoms with Crippen LogP contribution in [0.1, 0.15) is 16.2 Å². The van der Waals surface area contributed by atoms with Gasteiger partial charge in [-0.05, 0) is 27.1 Å². The SMILES string of the molecule is Cc1cc(C(=O)O)nc(OCCN(C)C)n1. The lowest BCUT2D eigenvalue weighted by atomic mass is 10.3. The molecule has 1 rings (SSSR count). The van der Waals surface area contributed by atoms with Gasteiger partial charge in [-0.2, -0.15) is 4.98 Å². The average Bonchev–Trinajstić information content (AvgIpc) is 2.16. The number of aromatic carboxylic acids is 1. The van der Waals surface area contributed by atoms with Crippen LogP contribution in [0.3, 0.4) is 0 Å². The molecular weight excluding hydrogens is 210 g/mol. The fourth-order valence-corrected chi connectivity index (χ4v) is 1.03. The Bertz CT molecular complexity index is 380. The molecule has 0 saturated heterocycles. The average molecular weight is 225 g/mol. The van der Waals surface area contributed by atoms with Crippen molar-refractivity contribution < 1.29 is 14.6 Å². The van der Waals surface area contributed by atoms with E-state index in [-0.39, 0.29) is 11.7 Å². The number of ether oxygens (including phenoxy) is 1. The largest absolute Gasteiger partial charge is 0.477 e. The van der Waals surface area contributed by atoms with Crippen molar-refractivity contribution in [1.29, 1.82) is 0 Å². The molecule has 6 heteroatoms. The molecule has 1 N–H and O–H groups in total. The molecular formula is C10H15N3O3. The predicted octanol–water partition coefficient (Wildman–Crippen LogP) is 0.424. The summed E-state index contributed by atoms with van der Waals surface area (Å²) in [6.45, 7) is 2.85. The summed E-state index contributed by atoms with van der Waals surface area (Å²) in [7, 11) is 3.84. The zero-order valence-corrected chi connectivity index (χ0v) is 9.60. The third kappa shape index (κ3) is 3.82. The fourth-order valence-electron chi connectivity index (χ4n) is 1.03. The van der Waals surface area contributed by atoms with Crippen molar-refractivity contribution in [2.24, 2.45) is 0 Å². The van der Waals surface area contributed by atoms with Gasteiger partial charge in [-0.25, -0.2) is 9.78 Å². The molecule has 0 fully saturated rings. The highest BCUT2D eigenvalue weighted by atomic mass is 16.5. The molecule has 0 spiro atoms. The van der Waals surface area contributed by atoms with Crippen molar-refractivity contribution in [3.63, 3.8) is 0 Å². The zero-order valence-electron chi connectivity index (χ0n) is 9.60. The maximum atomic E-state index is 10.7. The fraction of sp³-hybridized carbons (Fsp3) is 0.500. The van der Waals surface area contributed by atoms with E-state index in [1.807, 2.05) is 19.0 Å². The number of hydrogen-bond acceptors (Lipinski definition) is 5. The number of hydrogen-bond donors (Lipinski definition) is 1. The third-order valence-corrected chi connectivity index (χ3v) is 1.82. The number of aromatic nitrogens is 2. The van der Waals surface area contributed by atoms with Crippen LogP contribution in [0.2, 0.25) is 0 Å². The number of carbonyl (C=O) groups is 1. The van der Waals surface area contributed by atoms with Crippen LogP contribution in [0.5, 0.6) is 6.01 Å². The summed E-state index contributed by atoms with van der Waals surface area (Å²) in [5.41, 5.74) is 0.527. The van der Waals surface area contributed by atoms with Gasteiger partial charge in [0.2, 0.25) is 0 Å². The minimum absolute atomic E-state index is 0.0487. The number of likely N-dealkylation sites (N-methyl/N-ethyl adjacent to an activating group) is 1. The molecule has 0 aromatic carbocycles. The van der Waals surface area contributed by atoms with Gasteiger partial charge in [0.05, 0.1) is 0 Å². The Balaban J connectivity index is 2.69. The predicted molar refractivity (Wildman–Crippen MR) is 57.8 cm³/mol.